The smallest absolute Gasteiger partial charge is 0.333 e. The molecular weight excluding hydrogens is 268 g/mol. The summed E-state index contributed by atoms with van der Waals surface area (Å²) in [7, 11) is 1.64. The molecule has 0 aliphatic rings. The van der Waals surface area contributed by atoms with Gasteiger partial charge in [0.1, 0.15) is 11.9 Å². The number of methoxy groups -OCH3 is 1. The minimum absolute atomic E-state index is 0.288. The van der Waals surface area contributed by atoms with Crippen LogP contribution >= 0.6 is 0 Å². The Kier molecular flexibility index (Phi) is 7.26. The van der Waals surface area contributed by atoms with Crippen LogP contribution < -0.4 is 4.74 Å². The first kappa shape index (κ1) is 17.0. The molecule has 0 spiro atoms. The number of carbonyl (C=O) groups is 1. The zero-order valence-electron chi connectivity index (χ0n) is 12.8. The number of esters is 1. The Morgan fingerprint density at radius 3 is 2.57 bits per heavy atom. The molecule has 1 aromatic rings. The predicted molar refractivity (Wildman–Crippen MR) is 83.2 cm³/mol. The zero-order chi connectivity index (χ0) is 15.7. The van der Waals surface area contributed by atoms with Crippen LogP contribution in [-0.2, 0) is 14.3 Å². The monoisotopic (exact) mass is 290 g/mol. The molecule has 0 amide bonds. The zero-order valence-corrected chi connectivity index (χ0v) is 12.8. The van der Waals surface area contributed by atoms with Gasteiger partial charge in [0.15, 0.2) is 0 Å². The van der Waals surface area contributed by atoms with Crippen LogP contribution in [0.5, 0.6) is 5.75 Å². The lowest BCUT2D eigenvalue weighted by molar-refractivity contribution is -0.145. The maximum atomic E-state index is 11.3. The van der Waals surface area contributed by atoms with Crippen LogP contribution in [0.15, 0.2) is 42.5 Å². The average molecular weight is 290 g/mol. The van der Waals surface area contributed by atoms with Gasteiger partial charge in [-0.1, -0.05) is 30.9 Å². The van der Waals surface area contributed by atoms with Crippen molar-refractivity contribution in [1.29, 1.82) is 0 Å². The molecule has 1 aromatic carbocycles. The van der Waals surface area contributed by atoms with Crippen LogP contribution in [0.4, 0.5) is 0 Å². The van der Waals surface area contributed by atoms with E-state index < -0.39 is 0 Å². The van der Waals surface area contributed by atoms with Crippen molar-refractivity contribution in [1.82, 2.24) is 0 Å². The van der Waals surface area contributed by atoms with E-state index in [9.17, 15) is 4.79 Å². The highest BCUT2D eigenvalue weighted by Gasteiger charge is 2.09. The van der Waals surface area contributed by atoms with Gasteiger partial charge in [-0.25, -0.2) is 4.79 Å². The van der Waals surface area contributed by atoms with Crippen molar-refractivity contribution in [2.24, 2.45) is 0 Å². The van der Waals surface area contributed by atoms with Crippen molar-refractivity contribution in [2.75, 3.05) is 20.3 Å². The first-order valence-corrected chi connectivity index (χ1v) is 6.77. The Balaban J connectivity index is 2.25. The van der Waals surface area contributed by atoms with Gasteiger partial charge < -0.3 is 14.2 Å². The summed E-state index contributed by atoms with van der Waals surface area (Å²) in [5.74, 6) is 0.441. The maximum absolute atomic E-state index is 11.3. The van der Waals surface area contributed by atoms with E-state index in [1.807, 2.05) is 36.4 Å². The van der Waals surface area contributed by atoms with Gasteiger partial charge in [-0.05, 0) is 31.5 Å². The summed E-state index contributed by atoms with van der Waals surface area (Å²) in [4.78, 5) is 11.3. The largest absolute Gasteiger partial charge is 0.497 e. The molecule has 0 N–H and O–H groups in total. The average Bonchev–Trinajstić information content (AvgIpc) is 2.47. The fraction of sp³-hybridized carbons (Fsp3) is 0.353. The van der Waals surface area contributed by atoms with E-state index in [0.29, 0.717) is 18.8 Å². The molecular formula is C17H22O4. The van der Waals surface area contributed by atoms with Crippen LogP contribution in [0.2, 0.25) is 0 Å². The number of carbonyl (C=O) groups excluding carboxylic acids is 1. The van der Waals surface area contributed by atoms with E-state index in [1.54, 1.807) is 21.0 Å². The summed E-state index contributed by atoms with van der Waals surface area (Å²) in [5.41, 5.74) is 1.46. The summed E-state index contributed by atoms with van der Waals surface area (Å²) < 4.78 is 15.6. The number of hydrogen-bond acceptors (Lipinski definition) is 4. The molecule has 1 rings (SSSR count). The Hall–Kier alpha value is -2.07. The normalized spacial score (nSPS) is 12.1. The quantitative estimate of drug-likeness (QED) is 0.419. The lowest BCUT2D eigenvalue weighted by atomic mass is 10.2. The van der Waals surface area contributed by atoms with Gasteiger partial charge in [0.2, 0.25) is 0 Å². The topological polar surface area (TPSA) is 44.8 Å². The molecule has 0 fully saturated rings. The van der Waals surface area contributed by atoms with Gasteiger partial charge in [-0.2, -0.15) is 0 Å². The Labute approximate surface area is 126 Å². The lowest BCUT2D eigenvalue weighted by Gasteiger charge is -2.12. The van der Waals surface area contributed by atoms with Gasteiger partial charge >= 0.3 is 5.97 Å². The number of ether oxygens (including phenoxy) is 3. The van der Waals surface area contributed by atoms with E-state index in [-0.39, 0.29) is 12.1 Å². The first-order chi connectivity index (χ1) is 10.0. The van der Waals surface area contributed by atoms with Gasteiger partial charge in [-0.3, -0.25) is 0 Å². The standard InChI is InChI=1S/C17H22O4/c1-13(2)17(18)21-14(3)12-20-11-5-6-15-7-9-16(19-4)10-8-15/h5-10,14H,1,11-12H2,2-4H3. The van der Waals surface area contributed by atoms with Crippen LogP contribution in [0, 0.1) is 0 Å². The van der Waals surface area contributed by atoms with Crippen LogP contribution in [-0.4, -0.2) is 32.4 Å². The molecule has 0 saturated carbocycles. The van der Waals surface area contributed by atoms with E-state index in [0.717, 1.165) is 11.3 Å². The molecule has 1 atom stereocenters. The summed E-state index contributed by atoms with van der Waals surface area (Å²) in [6, 6.07) is 7.73. The minimum atomic E-state index is -0.389. The van der Waals surface area contributed by atoms with E-state index in [4.69, 9.17) is 14.2 Å². The van der Waals surface area contributed by atoms with Crippen molar-refractivity contribution in [3.63, 3.8) is 0 Å². The second-order valence-corrected chi connectivity index (χ2v) is 4.71. The highest BCUT2D eigenvalue weighted by Crippen LogP contribution is 2.12. The number of rotatable bonds is 8. The molecule has 1 unspecified atom stereocenters. The van der Waals surface area contributed by atoms with Gasteiger partial charge in [0.05, 0.1) is 20.3 Å². The summed E-state index contributed by atoms with van der Waals surface area (Å²) in [6.07, 6.45) is 3.59. The SMILES string of the molecule is C=C(C)C(=O)OC(C)COCC=Cc1ccc(OC)cc1. The molecule has 21 heavy (non-hydrogen) atoms. The van der Waals surface area contributed by atoms with Crippen LogP contribution in [0.1, 0.15) is 19.4 Å². The maximum Gasteiger partial charge on any atom is 0.333 e. The Morgan fingerprint density at radius 1 is 1.33 bits per heavy atom. The van der Waals surface area contributed by atoms with Crippen LogP contribution in [0.25, 0.3) is 6.08 Å². The minimum Gasteiger partial charge on any atom is -0.497 e. The molecule has 0 bridgehead atoms. The molecule has 0 aliphatic heterocycles. The van der Waals surface area contributed by atoms with E-state index >= 15 is 0 Å². The Bertz CT molecular complexity index is 488. The van der Waals surface area contributed by atoms with Crippen molar-refractivity contribution >= 4 is 12.0 Å². The molecule has 0 radical (unpaired) electrons. The number of hydrogen-bond donors (Lipinski definition) is 0. The second-order valence-electron chi connectivity index (χ2n) is 4.71. The van der Waals surface area contributed by atoms with E-state index in [2.05, 4.69) is 6.58 Å². The molecule has 0 aromatic heterocycles. The summed E-state index contributed by atoms with van der Waals surface area (Å²) in [5, 5.41) is 0. The second kappa shape index (κ2) is 8.97. The molecule has 114 valence electrons. The third-order valence-corrected chi connectivity index (χ3v) is 2.65. The molecule has 4 nitrogen and oxygen atoms in total. The highest BCUT2D eigenvalue weighted by atomic mass is 16.6. The van der Waals surface area contributed by atoms with Gasteiger partial charge in [0.25, 0.3) is 0 Å². The third kappa shape index (κ3) is 6.77. The predicted octanol–water partition coefficient (Wildman–Crippen LogP) is 3.23. The van der Waals surface area contributed by atoms with Crippen molar-refractivity contribution in [3.05, 3.63) is 48.1 Å². The fourth-order valence-electron chi connectivity index (χ4n) is 1.52. The summed E-state index contributed by atoms with van der Waals surface area (Å²) >= 11 is 0. The number of benzene rings is 1. The molecule has 0 saturated heterocycles. The fourth-order valence-corrected chi connectivity index (χ4v) is 1.52. The van der Waals surface area contributed by atoms with Gasteiger partial charge in [0, 0.05) is 5.57 Å². The van der Waals surface area contributed by atoms with Gasteiger partial charge in [-0.15, -0.1) is 0 Å². The lowest BCUT2D eigenvalue weighted by Crippen LogP contribution is -2.20. The Morgan fingerprint density at radius 2 is 2.00 bits per heavy atom. The van der Waals surface area contributed by atoms with E-state index in [1.165, 1.54) is 0 Å². The van der Waals surface area contributed by atoms with Crippen LogP contribution in [0.3, 0.4) is 0 Å². The molecule has 0 aliphatic carbocycles. The van der Waals surface area contributed by atoms with Crippen molar-refractivity contribution in [2.45, 2.75) is 20.0 Å². The van der Waals surface area contributed by atoms with Crippen molar-refractivity contribution in [3.8, 4) is 5.75 Å². The first-order valence-electron chi connectivity index (χ1n) is 6.77. The van der Waals surface area contributed by atoms with Crippen molar-refractivity contribution < 1.29 is 19.0 Å². The highest BCUT2D eigenvalue weighted by molar-refractivity contribution is 5.87. The summed E-state index contributed by atoms with van der Waals surface area (Å²) in [6.45, 7) is 7.75. The molecule has 4 heteroatoms. The third-order valence-electron chi connectivity index (χ3n) is 2.65. The molecule has 0 heterocycles.